The maximum Gasteiger partial charge on any atom is 0.263 e. The second-order valence-corrected chi connectivity index (χ2v) is 6.52. The van der Waals surface area contributed by atoms with Crippen molar-refractivity contribution in [3.63, 3.8) is 0 Å². The topological polar surface area (TPSA) is 106 Å². The number of nitrogens with two attached hydrogens (primary N) is 1. The number of halogens is 1. The molecule has 0 unspecified atom stereocenters. The number of anilines is 2. The fourth-order valence-corrected chi connectivity index (χ4v) is 3.10. The molecule has 0 atom stereocenters. The summed E-state index contributed by atoms with van der Waals surface area (Å²) < 4.78 is 32.6. The Labute approximate surface area is 130 Å². The molecule has 2 rings (SSSR count). The van der Waals surface area contributed by atoms with Crippen molar-refractivity contribution in [3.05, 3.63) is 41.0 Å². The third-order valence-corrected chi connectivity index (χ3v) is 4.58. The number of methoxy groups -OCH3 is 1. The molecule has 0 aliphatic heterocycles. The highest BCUT2D eigenvalue weighted by Crippen LogP contribution is 2.28. The number of sulfonamides is 1. The van der Waals surface area contributed by atoms with Gasteiger partial charge < -0.3 is 10.2 Å². The summed E-state index contributed by atoms with van der Waals surface area (Å²) in [5, 5.41) is 0. The number of rotatable bonds is 5. The van der Waals surface area contributed by atoms with Gasteiger partial charge >= 0.3 is 0 Å². The molecule has 1 aromatic carbocycles. The van der Waals surface area contributed by atoms with Gasteiger partial charge in [0.25, 0.3) is 10.0 Å². The highest BCUT2D eigenvalue weighted by atomic mass is 79.9. The molecule has 0 fully saturated rings. The van der Waals surface area contributed by atoms with E-state index in [1.807, 2.05) is 0 Å². The number of pyridine rings is 1. The lowest BCUT2D eigenvalue weighted by molar-refractivity contribution is 0.412. The van der Waals surface area contributed by atoms with Crippen LogP contribution in [0.5, 0.6) is 5.75 Å². The first kappa shape index (κ1) is 15.5. The first-order valence-corrected chi connectivity index (χ1v) is 8.03. The second-order valence-electron chi connectivity index (χ2n) is 3.98. The zero-order chi connectivity index (χ0) is 15.5. The smallest absolute Gasteiger partial charge is 0.263 e. The summed E-state index contributed by atoms with van der Waals surface area (Å²) in [6, 6.07) is 7.74. The van der Waals surface area contributed by atoms with Crippen LogP contribution in [0, 0.1) is 0 Å². The third kappa shape index (κ3) is 3.63. The molecule has 0 amide bonds. The van der Waals surface area contributed by atoms with E-state index in [0.29, 0.717) is 21.7 Å². The van der Waals surface area contributed by atoms with Crippen molar-refractivity contribution < 1.29 is 13.2 Å². The molecule has 4 N–H and O–H groups in total. The van der Waals surface area contributed by atoms with E-state index in [-0.39, 0.29) is 4.90 Å². The van der Waals surface area contributed by atoms with Crippen LogP contribution >= 0.6 is 15.9 Å². The van der Waals surface area contributed by atoms with E-state index < -0.39 is 10.0 Å². The summed E-state index contributed by atoms with van der Waals surface area (Å²) in [7, 11) is -2.19. The van der Waals surface area contributed by atoms with Crippen LogP contribution in [-0.4, -0.2) is 20.5 Å². The van der Waals surface area contributed by atoms with E-state index >= 15 is 0 Å². The lowest BCUT2D eigenvalue weighted by Crippen LogP contribution is -2.14. The molecule has 21 heavy (non-hydrogen) atoms. The first-order valence-electron chi connectivity index (χ1n) is 5.75. The van der Waals surface area contributed by atoms with Crippen LogP contribution in [0.1, 0.15) is 0 Å². The van der Waals surface area contributed by atoms with E-state index in [4.69, 9.17) is 10.6 Å². The van der Waals surface area contributed by atoms with Crippen molar-refractivity contribution in [1.82, 2.24) is 4.98 Å². The van der Waals surface area contributed by atoms with Crippen LogP contribution in [0.2, 0.25) is 0 Å². The molecule has 1 heterocycles. The Kier molecular flexibility index (Phi) is 4.66. The molecular formula is C12H13BrN4O3S. The standard InChI is InChI=1S/C12H13BrN4O3S/c1-20-11-4-2-8(6-10(11)13)17-21(18,19)9-3-5-12(16-14)15-7-9/h2-7,17H,14H2,1H3,(H,15,16). The molecule has 0 saturated carbocycles. The van der Waals surface area contributed by atoms with Crippen molar-refractivity contribution >= 4 is 37.5 Å². The highest BCUT2D eigenvalue weighted by Gasteiger charge is 2.15. The molecule has 112 valence electrons. The van der Waals surface area contributed by atoms with Crippen molar-refractivity contribution in [2.75, 3.05) is 17.3 Å². The minimum Gasteiger partial charge on any atom is -0.496 e. The van der Waals surface area contributed by atoms with Gasteiger partial charge in [0.1, 0.15) is 16.5 Å². The molecule has 0 aliphatic carbocycles. The first-order chi connectivity index (χ1) is 9.96. The van der Waals surface area contributed by atoms with E-state index in [0.717, 1.165) is 0 Å². The maximum atomic E-state index is 12.2. The lowest BCUT2D eigenvalue weighted by atomic mass is 10.3. The summed E-state index contributed by atoms with van der Waals surface area (Å²) in [6.07, 6.45) is 1.22. The predicted molar refractivity (Wildman–Crippen MR) is 83.5 cm³/mol. The van der Waals surface area contributed by atoms with Gasteiger partial charge in [0.15, 0.2) is 0 Å². The number of nitrogens with one attached hydrogen (secondary N) is 2. The van der Waals surface area contributed by atoms with Gasteiger partial charge in [-0.1, -0.05) is 0 Å². The zero-order valence-corrected chi connectivity index (χ0v) is 13.4. The lowest BCUT2D eigenvalue weighted by Gasteiger charge is -2.10. The van der Waals surface area contributed by atoms with Gasteiger partial charge in [0.2, 0.25) is 0 Å². The van der Waals surface area contributed by atoms with Crippen molar-refractivity contribution in [2.24, 2.45) is 5.84 Å². The van der Waals surface area contributed by atoms with Gasteiger partial charge in [-0.15, -0.1) is 0 Å². The highest BCUT2D eigenvalue weighted by molar-refractivity contribution is 9.10. The molecule has 0 spiro atoms. The number of hydrazine groups is 1. The average molecular weight is 373 g/mol. The van der Waals surface area contributed by atoms with Gasteiger partial charge in [-0.05, 0) is 46.3 Å². The van der Waals surface area contributed by atoms with Gasteiger partial charge in [0.05, 0.1) is 17.3 Å². The summed E-state index contributed by atoms with van der Waals surface area (Å²) in [5.74, 6) is 6.17. The van der Waals surface area contributed by atoms with Crippen LogP contribution in [0.4, 0.5) is 11.5 Å². The van der Waals surface area contributed by atoms with Crippen LogP contribution in [-0.2, 0) is 10.0 Å². The zero-order valence-electron chi connectivity index (χ0n) is 11.0. The van der Waals surface area contributed by atoms with Gasteiger partial charge in [-0.25, -0.2) is 19.2 Å². The van der Waals surface area contributed by atoms with Crippen LogP contribution < -0.4 is 20.7 Å². The molecule has 0 aliphatic rings. The van der Waals surface area contributed by atoms with Crippen LogP contribution in [0.25, 0.3) is 0 Å². The number of hydrogen-bond acceptors (Lipinski definition) is 6. The van der Waals surface area contributed by atoms with Gasteiger partial charge in [0, 0.05) is 6.20 Å². The number of hydrogen-bond donors (Lipinski definition) is 3. The molecule has 7 nitrogen and oxygen atoms in total. The van der Waals surface area contributed by atoms with E-state index in [9.17, 15) is 8.42 Å². The minimum atomic E-state index is -3.72. The van der Waals surface area contributed by atoms with Gasteiger partial charge in [-0.2, -0.15) is 0 Å². The molecule has 0 radical (unpaired) electrons. The van der Waals surface area contributed by atoms with E-state index in [1.54, 1.807) is 18.2 Å². The second kappa shape index (κ2) is 6.29. The Morgan fingerprint density at radius 3 is 2.57 bits per heavy atom. The normalized spacial score (nSPS) is 11.0. The van der Waals surface area contributed by atoms with E-state index in [2.05, 4.69) is 31.1 Å². The van der Waals surface area contributed by atoms with Crippen molar-refractivity contribution in [3.8, 4) is 5.75 Å². The fourth-order valence-electron chi connectivity index (χ4n) is 1.57. The Hall–Kier alpha value is -1.84. The monoisotopic (exact) mass is 372 g/mol. The van der Waals surface area contributed by atoms with Crippen LogP contribution in [0.15, 0.2) is 45.9 Å². The molecule has 2 aromatic rings. The van der Waals surface area contributed by atoms with Crippen molar-refractivity contribution in [2.45, 2.75) is 4.90 Å². The van der Waals surface area contributed by atoms with E-state index in [1.165, 1.54) is 25.4 Å². The maximum absolute atomic E-state index is 12.2. The molecular weight excluding hydrogens is 360 g/mol. The number of nitrogen functional groups attached to an aromatic ring is 1. The number of nitrogens with zero attached hydrogens (tertiary/aromatic N) is 1. The average Bonchev–Trinajstić information content (AvgIpc) is 2.47. The third-order valence-electron chi connectivity index (χ3n) is 2.60. The largest absolute Gasteiger partial charge is 0.496 e. The minimum absolute atomic E-state index is 0.0356. The number of aromatic nitrogens is 1. The van der Waals surface area contributed by atoms with Gasteiger partial charge in [-0.3, -0.25) is 4.72 Å². The Morgan fingerprint density at radius 1 is 1.29 bits per heavy atom. The van der Waals surface area contributed by atoms with Crippen LogP contribution in [0.3, 0.4) is 0 Å². The molecule has 9 heteroatoms. The quantitative estimate of drug-likeness (QED) is 0.546. The summed E-state index contributed by atoms with van der Waals surface area (Å²) in [5.41, 5.74) is 2.74. The SMILES string of the molecule is COc1ccc(NS(=O)(=O)c2ccc(NN)nc2)cc1Br. The number of benzene rings is 1. The predicted octanol–water partition coefficient (Wildman–Crippen LogP) is 1.94. The number of ether oxygens (including phenoxy) is 1. The summed E-state index contributed by atoms with van der Waals surface area (Å²) in [6.45, 7) is 0. The molecule has 0 saturated heterocycles. The fraction of sp³-hybridized carbons (Fsp3) is 0.0833. The Morgan fingerprint density at radius 2 is 2.05 bits per heavy atom. The Bertz CT molecular complexity index is 735. The Balaban J connectivity index is 2.26. The molecule has 1 aromatic heterocycles. The summed E-state index contributed by atoms with van der Waals surface area (Å²) in [4.78, 5) is 3.90. The summed E-state index contributed by atoms with van der Waals surface area (Å²) >= 11 is 3.30. The van der Waals surface area contributed by atoms with Crippen molar-refractivity contribution in [1.29, 1.82) is 0 Å². The molecule has 0 bridgehead atoms.